The molecule has 31 heavy (non-hydrogen) atoms. The van der Waals surface area contributed by atoms with Crippen molar-refractivity contribution in [1.29, 1.82) is 0 Å². The number of amides is 2. The van der Waals surface area contributed by atoms with Crippen LogP contribution in [0.3, 0.4) is 0 Å². The van der Waals surface area contributed by atoms with Crippen molar-refractivity contribution >= 4 is 29.3 Å². The molecule has 0 bridgehead atoms. The summed E-state index contributed by atoms with van der Waals surface area (Å²) in [5, 5.41) is 15.0. The molecule has 0 saturated carbocycles. The molecule has 2 N–H and O–H groups in total. The Bertz CT molecular complexity index is 1080. The van der Waals surface area contributed by atoms with Crippen LogP contribution in [-0.2, 0) is 11.3 Å². The van der Waals surface area contributed by atoms with Crippen molar-refractivity contribution < 1.29 is 9.59 Å². The van der Waals surface area contributed by atoms with Crippen LogP contribution >= 0.6 is 11.8 Å². The molecule has 0 fully saturated rings. The number of carbonyl (C=O) groups excluding carboxylic acids is 2. The Kier molecular flexibility index (Phi) is 7.46. The van der Waals surface area contributed by atoms with Crippen molar-refractivity contribution in [2.24, 2.45) is 0 Å². The average Bonchev–Trinajstić information content (AvgIpc) is 3.15. The molecule has 7 nitrogen and oxygen atoms in total. The van der Waals surface area contributed by atoms with Crippen LogP contribution in [0.15, 0.2) is 53.7 Å². The molecule has 3 rings (SSSR count). The largest absolute Gasteiger partial charge is 0.342 e. The summed E-state index contributed by atoms with van der Waals surface area (Å²) < 4.78 is 1.92. The fraction of sp³-hybridized carbons (Fsp3) is 0.304. The second-order valence-electron chi connectivity index (χ2n) is 7.36. The van der Waals surface area contributed by atoms with E-state index in [1.165, 1.54) is 11.8 Å². The quantitative estimate of drug-likeness (QED) is 0.517. The number of aromatic nitrogens is 3. The van der Waals surface area contributed by atoms with Gasteiger partial charge in [0.2, 0.25) is 5.91 Å². The molecule has 0 aliphatic heterocycles. The summed E-state index contributed by atoms with van der Waals surface area (Å²) in [5.74, 6) is 0.609. The van der Waals surface area contributed by atoms with Crippen molar-refractivity contribution in [3.05, 3.63) is 71.0 Å². The lowest BCUT2D eigenvalue weighted by atomic mass is 10.1. The highest BCUT2D eigenvalue weighted by Gasteiger charge is 2.20. The molecule has 3 aromatic rings. The van der Waals surface area contributed by atoms with Crippen LogP contribution in [0, 0.1) is 13.8 Å². The molecule has 0 aliphatic rings. The van der Waals surface area contributed by atoms with Gasteiger partial charge in [-0.1, -0.05) is 41.6 Å². The molecule has 0 aliphatic carbocycles. The Labute approximate surface area is 186 Å². The Morgan fingerprint density at radius 1 is 1.06 bits per heavy atom. The number of nitrogens with zero attached hydrogens (tertiary/aromatic N) is 3. The maximum absolute atomic E-state index is 12.6. The number of nitrogens with one attached hydrogen (secondary N) is 2. The maximum Gasteiger partial charge on any atom is 0.251 e. The predicted molar refractivity (Wildman–Crippen MR) is 123 cm³/mol. The van der Waals surface area contributed by atoms with E-state index in [0.717, 1.165) is 16.8 Å². The van der Waals surface area contributed by atoms with Crippen LogP contribution < -0.4 is 10.6 Å². The van der Waals surface area contributed by atoms with E-state index in [9.17, 15) is 9.59 Å². The Balaban J connectivity index is 1.63. The standard InChI is InChI=1S/C23H27N5O2S/c1-5-28-21(17(4)24-22(30)18-10-6-8-15(2)12-18)26-27-23(28)31-14-20(29)25-19-11-7-9-16(3)13-19/h6-13,17H,5,14H2,1-4H3,(H,24,30)(H,25,29)/t17-/m1/s1. The molecule has 8 heteroatoms. The summed E-state index contributed by atoms with van der Waals surface area (Å²) in [7, 11) is 0. The van der Waals surface area contributed by atoms with Crippen molar-refractivity contribution in [2.45, 2.75) is 45.4 Å². The zero-order valence-corrected chi connectivity index (χ0v) is 19.0. The van der Waals surface area contributed by atoms with E-state index in [-0.39, 0.29) is 23.6 Å². The van der Waals surface area contributed by atoms with E-state index >= 15 is 0 Å². The molecule has 0 unspecified atom stereocenters. The second kappa shape index (κ2) is 10.3. The molecule has 162 valence electrons. The van der Waals surface area contributed by atoms with Gasteiger partial charge in [0.15, 0.2) is 11.0 Å². The summed E-state index contributed by atoms with van der Waals surface area (Å²) in [6, 6.07) is 14.8. The van der Waals surface area contributed by atoms with Crippen molar-refractivity contribution in [1.82, 2.24) is 20.1 Å². The number of anilines is 1. The SMILES string of the molecule is CCn1c(SCC(=O)Nc2cccc(C)c2)nnc1[C@@H](C)NC(=O)c1cccc(C)c1. The zero-order chi connectivity index (χ0) is 22.4. The average molecular weight is 438 g/mol. The van der Waals surface area contributed by atoms with Gasteiger partial charge in [-0.15, -0.1) is 10.2 Å². The topological polar surface area (TPSA) is 88.9 Å². The molecule has 2 amide bonds. The lowest BCUT2D eigenvalue weighted by Gasteiger charge is -2.15. The van der Waals surface area contributed by atoms with Crippen LogP contribution in [-0.4, -0.2) is 32.3 Å². The number of aryl methyl sites for hydroxylation is 2. The van der Waals surface area contributed by atoms with Crippen molar-refractivity contribution in [3.63, 3.8) is 0 Å². The predicted octanol–water partition coefficient (Wildman–Crippen LogP) is 4.14. The van der Waals surface area contributed by atoms with Crippen molar-refractivity contribution in [3.8, 4) is 0 Å². The smallest absolute Gasteiger partial charge is 0.251 e. The number of carbonyl (C=O) groups is 2. The van der Waals surface area contributed by atoms with Gasteiger partial charge in [-0.3, -0.25) is 9.59 Å². The first-order valence-corrected chi connectivity index (χ1v) is 11.2. The highest BCUT2D eigenvalue weighted by Crippen LogP contribution is 2.21. The molecule has 1 aromatic heterocycles. The first kappa shape index (κ1) is 22.6. The van der Waals surface area contributed by atoms with Crippen LogP contribution in [0.25, 0.3) is 0 Å². The van der Waals surface area contributed by atoms with Crippen LogP contribution in [0.2, 0.25) is 0 Å². The van der Waals surface area contributed by atoms with Crippen LogP contribution in [0.5, 0.6) is 0 Å². The molecule has 2 aromatic carbocycles. The Hall–Kier alpha value is -3.13. The van der Waals surface area contributed by atoms with Crippen LogP contribution in [0.1, 0.15) is 47.2 Å². The number of hydrogen-bond acceptors (Lipinski definition) is 5. The van der Waals surface area contributed by atoms with Gasteiger partial charge in [0.1, 0.15) is 0 Å². The van der Waals surface area contributed by atoms with E-state index < -0.39 is 0 Å². The first-order chi connectivity index (χ1) is 14.9. The van der Waals surface area contributed by atoms with Crippen molar-refractivity contribution in [2.75, 3.05) is 11.1 Å². The van der Waals surface area contributed by atoms with E-state index in [0.29, 0.717) is 23.1 Å². The summed E-state index contributed by atoms with van der Waals surface area (Å²) in [4.78, 5) is 24.9. The van der Waals surface area contributed by atoms with Gasteiger partial charge >= 0.3 is 0 Å². The monoisotopic (exact) mass is 437 g/mol. The molecule has 0 radical (unpaired) electrons. The molecule has 1 heterocycles. The fourth-order valence-electron chi connectivity index (χ4n) is 3.21. The minimum Gasteiger partial charge on any atom is -0.342 e. The summed E-state index contributed by atoms with van der Waals surface area (Å²) in [6.07, 6.45) is 0. The Morgan fingerprint density at radius 3 is 2.45 bits per heavy atom. The Morgan fingerprint density at radius 2 is 1.77 bits per heavy atom. The number of thioether (sulfide) groups is 1. The molecule has 0 saturated heterocycles. The van der Waals surface area contributed by atoms with Gasteiger partial charge in [0, 0.05) is 17.8 Å². The van der Waals surface area contributed by atoms with Gasteiger partial charge in [0.25, 0.3) is 5.91 Å². The fourth-order valence-corrected chi connectivity index (χ4v) is 4.01. The highest BCUT2D eigenvalue weighted by molar-refractivity contribution is 7.99. The minimum absolute atomic E-state index is 0.108. The summed E-state index contributed by atoms with van der Waals surface area (Å²) >= 11 is 1.32. The minimum atomic E-state index is -0.323. The lowest BCUT2D eigenvalue weighted by Crippen LogP contribution is -2.28. The van der Waals surface area contributed by atoms with Gasteiger partial charge < -0.3 is 15.2 Å². The molecule has 1 atom stereocenters. The van der Waals surface area contributed by atoms with Gasteiger partial charge in [-0.2, -0.15) is 0 Å². The van der Waals surface area contributed by atoms with E-state index in [2.05, 4.69) is 20.8 Å². The third kappa shape index (κ3) is 5.95. The summed E-state index contributed by atoms with van der Waals surface area (Å²) in [6.45, 7) is 8.43. The van der Waals surface area contributed by atoms with E-state index in [4.69, 9.17) is 0 Å². The van der Waals surface area contributed by atoms with Gasteiger partial charge in [0.05, 0.1) is 11.8 Å². The molecular weight excluding hydrogens is 410 g/mol. The summed E-state index contributed by atoms with van der Waals surface area (Å²) in [5.41, 5.74) is 3.50. The third-order valence-electron chi connectivity index (χ3n) is 4.71. The number of rotatable bonds is 8. The van der Waals surface area contributed by atoms with Gasteiger partial charge in [-0.25, -0.2) is 0 Å². The van der Waals surface area contributed by atoms with Gasteiger partial charge in [-0.05, 0) is 57.5 Å². The normalized spacial score (nSPS) is 11.7. The lowest BCUT2D eigenvalue weighted by molar-refractivity contribution is -0.113. The maximum atomic E-state index is 12.6. The second-order valence-corrected chi connectivity index (χ2v) is 8.30. The van der Waals surface area contributed by atoms with E-state index in [1.807, 2.05) is 74.7 Å². The number of benzene rings is 2. The first-order valence-electron chi connectivity index (χ1n) is 10.2. The zero-order valence-electron chi connectivity index (χ0n) is 18.2. The third-order valence-corrected chi connectivity index (χ3v) is 5.68. The molecular formula is C23H27N5O2S. The highest BCUT2D eigenvalue weighted by atomic mass is 32.2. The molecule has 0 spiro atoms. The van der Waals surface area contributed by atoms with E-state index in [1.54, 1.807) is 6.07 Å². The van der Waals surface area contributed by atoms with Crippen LogP contribution in [0.4, 0.5) is 5.69 Å². The number of hydrogen-bond donors (Lipinski definition) is 2.